The molecule has 0 atom stereocenters. The van der Waals surface area contributed by atoms with Gasteiger partial charge in [0, 0.05) is 12.5 Å². The molecule has 0 bridgehead atoms. The van der Waals surface area contributed by atoms with Gasteiger partial charge in [-0.3, -0.25) is 4.79 Å². The Balaban J connectivity index is 2.26. The molecule has 3 nitrogen and oxygen atoms in total. The summed E-state index contributed by atoms with van der Waals surface area (Å²) in [6.45, 7) is 4.92. The smallest absolute Gasteiger partial charge is 0.223 e. The van der Waals surface area contributed by atoms with E-state index >= 15 is 0 Å². The molecule has 0 aromatic carbocycles. The minimum Gasteiger partial charge on any atom is -0.352 e. The maximum absolute atomic E-state index is 11.6. The Kier molecular flexibility index (Phi) is 4.66. The Morgan fingerprint density at radius 2 is 2.07 bits per heavy atom. The van der Waals surface area contributed by atoms with Gasteiger partial charge in [0.1, 0.15) is 0 Å². The zero-order chi connectivity index (χ0) is 10.4. The van der Waals surface area contributed by atoms with Crippen LogP contribution >= 0.6 is 0 Å². The third-order valence-corrected chi connectivity index (χ3v) is 2.97. The molecule has 80 valence electrons. The molecule has 0 radical (unpaired) electrons. The van der Waals surface area contributed by atoms with E-state index in [2.05, 4.69) is 11.9 Å². The van der Waals surface area contributed by atoms with Crippen molar-refractivity contribution < 1.29 is 4.79 Å². The average molecular weight is 196 g/mol. The first-order valence-corrected chi connectivity index (χ1v) is 5.36. The molecule has 1 saturated carbocycles. The number of nitrogens with two attached hydrogens (primary N) is 1. The third-order valence-electron chi connectivity index (χ3n) is 2.97. The Bertz CT molecular complexity index is 195. The van der Waals surface area contributed by atoms with Gasteiger partial charge in [-0.15, -0.1) is 6.58 Å². The molecule has 1 fully saturated rings. The highest BCUT2D eigenvalue weighted by Gasteiger charge is 2.24. The minimum absolute atomic E-state index is 0.181. The molecule has 0 spiro atoms. The molecule has 0 aromatic rings. The van der Waals surface area contributed by atoms with Gasteiger partial charge >= 0.3 is 0 Å². The van der Waals surface area contributed by atoms with Gasteiger partial charge in [0.05, 0.1) is 0 Å². The normalized spacial score (nSPS) is 26.9. The predicted molar refractivity (Wildman–Crippen MR) is 57.7 cm³/mol. The molecule has 0 heterocycles. The van der Waals surface area contributed by atoms with Gasteiger partial charge in [0.2, 0.25) is 5.91 Å². The van der Waals surface area contributed by atoms with Crippen LogP contribution in [0.2, 0.25) is 0 Å². The van der Waals surface area contributed by atoms with Crippen molar-refractivity contribution in [3.05, 3.63) is 12.7 Å². The first-order valence-electron chi connectivity index (χ1n) is 5.36. The van der Waals surface area contributed by atoms with E-state index < -0.39 is 0 Å². The van der Waals surface area contributed by atoms with Crippen LogP contribution in [0.3, 0.4) is 0 Å². The molecule has 0 aliphatic heterocycles. The summed E-state index contributed by atoms with van der Waals surface area (Å²) in [6.07, 6.45) is 5.89. The van der Waals surface area contributed by atoms with Crippen molar-refractivity contribution in [2.45, 2.75) is 25.7 Å². The molecule has 1 rings (SSSR count). The highest BCUT2D eigenvalue weighted by atomic mass is 16.1. The van der Waals surface area contributed by atoms with Crippen LogP contribution < -0.4 is 11.1 Å². The van der Waals surface area contributed by atoms with Crippen LogP contribution in [0.1, 0.15) is 25.7 Å². The molecule has 0 saturated heterocycles. The monoisotopic (exact) mass is 196 g/mol. The lowest BCUT2D eigenvalue weighted by atomic mass is 9.81. The quantitative estimate of drug-likeness (QED) is 0.660. The fourth-order valence-corrected chi connectivity index (χ4v) is 1.98. The molecule has 1 amide bonds. The molecule has 1 aliphatic rings. The first kappa shape index (κ1) is 11.2. The van der Waals surface area contributed by atoms with Crippen molar-refractivity contribution in [3.63, 3.8) is 0 Å². The maximum Gasteiger partial charge on any atom is 0.223 e. The van der Waals surface area contributed by atoms with Crippen LogP contribution in [-0.2, 0) is 4.79 Å². The van der Waals surface area contributed by atoms with Crippen LogP contribution in [0.25, 0.3) is 0 Å². The van der Waals surface area contributed by atoms with Gasteiger partial charge in [-0.2, -0.15) is 0 Å². The summed E-state index contributed by atoms with van der Waals surface area (Å²) in [6, 6.07) is 0. The number of carbonyl (C=O) groups is 1. The second-order valence-electron chi connectivity index (χ2n) is 3.99. The van der Waals surface area contributed by atoms with Gasteiger partial charge in [-0.1, -0.05) is 6.08 Å². The number of nitrogens with one attached hydrogen (secondary N) is 1. The van der Waals surface area contributed by atoms with E-state index in [0.717, 1.165) is 32.2 Å². The first-order chi connectivity index (χ1) is 6.77. The van der Waals surface area contributed by atoms with Gasteiger partial charge < -0.3 is 11.1 Å². The lowest BCUT2D eigenvalue weighted by Gasteiger charge is -2.26. The second-order valence-corrected chi connectivity index (χ2v) is 3.99. The zero-order valence-corrected chi connectivity index (χ0v) is 8.67. The molecule has 14 heavy (non-hydrogen) atoms. The molecule has 0 aromatic heterocycles. The van der Waals surface area contributed by atoms with E-state index in [1.165, 1.54) is 0 Å². The number of rotatable bonds is 4. The van der Waals surface area contributed by atoms with Crippen molar-refractivity contribution in [2.75, 3.05) is 13.1 Å². The van der Waals surface area contributed by atoms with Gasteiger partial charge in [0.25, 0.3) is 0 Å². The van der Waals surface area contributed by atoms with E-state index in [9.17, 15) is 4.79 Å². The standard InChI is InChI=1S/C11H20N2O/c1-2-7-13-11(14)10-5-3-9(8-12)4-6-10/h2,9-10H,1,3-8,12H2,(H,13,14). The average Bonchev–Trinajstić information content (AvgIpc) is 2.26. The summed E-state index contributed by atoms with van der Waals surface area (Å²) in [4.78, 5) is 11.6. The Morgan fingerprint density at radius 1 is 1.43 bits per heavy atom. The van der Waals surface area contributed by atoms with Crippen LogP contribution in [0.15, 0.2) is 12.7 Å². The predicted octanol–water partition coefficient (Wildman–Crippen LogP) is 1.05. The summed E-state index contributed by atoms with van der Waals surface area (Å²) in [5.41, 5.74) is 5.59. The highest BCUT2D eigenvalue weighted by Crippen LogP contribution is 2.27. The molecule has 3 heteroatoms. The van der Waals surface area contributed by atoms with Crippen molar-refractivity contribution in [1.29, 1.82) is 0 Å². The number of carbonyl (C=O) groups excluding carboxylic acids is 1. The van der Waals surface area contributed by atoms with Crippen LogP contribution in [0, 0.1) is 11.8 Å². The highest BCUT2D eigenvalue weighted by molar-refractivity contribution is 5.78. The van der Waals surface area contributed by atoms with Crippen molar-refractivity contribution in [3.8, 4) is 0 Å². The summed E-state index contributed by atoms with van der Waals surface area (Å²) < 4.78 is 0. The molecule has 3 N–H and O–H groups in total. The summed E-state index contributed by atoms with van der Waals surface area (Å²) >= 11 is 0. The largest absolute Gasteiger partial charge is 0.352 e. The maximum atomic E-state index is 11.6. The number of hydrogen-bond donors (Lipinski definition) is 2. The second kappa shape index (κ2) is 5.81. The summed E-state index contributed by atoms with van der Waals surface area (Å²) in [5.74, 6) is 1.02. The third kappa shape index (κ3) is 3.14. The van der Waals surface area contributed by atoms with Crippen LogP contribution in [0.5, 0.6) is 0 Å². The van der Waals surface area contributed by atoms with Crippen LogP contribution in [0.4, 0.5) is 0 Å². The topological polar surface area (TPSA) is 55.1 Å². The fraction of sp³-hybridized carbons (Fsp3) is 0.727. The zero-order valence-electron chi connectivity index (χ0n) is 8.67. The number of hydrogen-bond acceptors (Lipinski definition) is 2. The number of amides is 1. The van der Waals surface area contributed by atoms with Crippen molar-refractivity contribution in [1.82, 2.24) is 5.32 Å². The Labute approximate surface area is 85.7 Å². The van der Waals surface area contributed by atoms with E-state index in [0.29, 0.717) is 12.5 Å². The lowest BCUT2D eigenvalue weighted by Crippen LogP contribution is -2.34. The van der Waals surface area contributed by atoms with Gasteiger partial charge in [-0.05, 0) is 38.1 Å². The van der Waals surface area contributed by atoms with E-state index in [-0.39, 0.29) is 11.8 Å². The van der Waals surface area contributed by atoms with Crippen LogP contribution in [-0.4, -0.2) is 19.0 Å². The van der Waals surface area contributed by atoms with E-state index in [1.807, 2.05) is 0 Å². The SMILES string of the molecule is C=CCNC(=O)C1CCC(CN)CC1. The molecular weight excluding hydrogens is 176 g/mol. The van der Waals surface area contributed by atoms with E-state index in [4.69, 9.17) is 5.73 Å². The van der Waals surface area contributed by atoms with Gasteiger partial charge in [-0.25, -0.2) is 0 Å². The minimum atomic E-state index is 0.181. The lowest BCUT2D eigenvalue weighted by molar-refractivity contribution is -0.125. The van der Waals surface area contributed by atoms with Crippen molar-refractivity contribution in [2.24, 2.45) is 17.6 Å². The molecular formula is C11H20N2O. The summed E-state index contributed by atoms with van der Waals surface area (Å²) in [5, 5.41) is 2.85. The Morgan fingerprint density at radius 3 is 2.57 bits per heavy atom. The Hall–Kier alpha value is -0.830. The van der Waals surface area contributed by atoms with E-state index in [1.54, 1.807) is 6.08 Å². The molecule has 0 unspecified atom stereocenters. The fourth-order valence-electron chi connectivity index (χ4n) is 1.98. The molecule has 1 aliphatic carbocycles. The van der Waals surface area contributed by atoms with Crippen molar-refractivity contribution >= 4 is 5.91 Å². The van der Waals surface area contributed by atoms with Gasteiger partial charge in [0.15, 0.2) is 0 Å². The summed E-state index contributed by atoms with van der Waals surface area (Å²) in [7, 11) is 0.